The molecule has 0 saturated heterocycles. The van der Waals surface area contributed by atoms with Gasteiger partial charge in [0.05, 0.1) is 6.04 Å². The zero-order valence-corrected chi connectivity index (χ0v) is 17.2. The predicted molar refractivity (Wildman–Crippen MR) is 115 cm³/mol. The third-order valence-corrected chi connectivity index (χ3v) is 5.62. The number of aliphatic hydroxyl groups is 1. The number of aliphatic hydroxyl groups excluding tert-OH is 1. The lowest BCUT2D eigenvalue weighted by atomic mass is 9.93. The topological polar surface area (TPSA) is 40.5 Å². The molecule has 0 saturated carbocycles. The zero-order valence-electron chi connectivity index (χ0n) is 14.8. The van der Waals surface area contributed by atoms with Crippen LogP contribution >= 0.6 is 27.5 Å². The number of hydrogen-bond acceptors (Lipinski definition) is 2. The van der Waals surface area contributed by atoms with Crippen LogP contribution in [-0.2, 0) is 11.3 Å². The summed E-state index contributed by atoms with van der Waals surface area (Å²) in [5.74, 6) is -0.574. The lowest BCUT2D eigenvalue weighted by Gasteiger charge is -2.27. The predicted octanol–water partition coefficient (Wildman–Crippen LogP) is 6.16. The summed E-state index contributed by atoms with van der Waals surface area (Å²) in [5.41, 5.74) is 3.34. The molecular weight excluding hydrogens is 438 g/mol. The summed E-state index contributed by atoms with van der Waals surface area (Å²) >= 11 is 9.45. The smallest absolute Gasteiger partial charge is 0.290 e. The van der Waals surface area contributed by atoms with Crippen molar-refractivity contribution < 1.29 is 9.90 Å². The van der Waals surface area contributed by atoms with Gasteiger partial charge in [-0.25, -0.2) is 0 Å². The van der Waals surface area contributed by atoms with Crippen LogP contribution in [0.1, 0.15) is 22.7 Å². The molecule has 140 valence electrons. The van der Waals surface area contributed by atoms with Gasteiger partial charge < -0.3 is 10.0 Å². The van der Waals surface area contributed by atoms with Crippen LogP contribution in [0.2, 0.25) is 5.02 Å². The molecule has 0 bridgehead atoms. The molecule has 3 nitrogen and oxygen atoms in total. The fraction of sp³-hybridized carbons (Fsp3) is 0.0870. The quantitative estimate of drug-likeness (QED) is 0.513. The van der Waals surface area contributed by atoms with Crippen molar-refractivity contribution in [3.8, 4) is 0 Å². The molecule has 1 unspecified atom stereocenters. The second-order valence-corrected chi connectivity index (χ2v) is 7.99. The highest BCUT2D eigenvalue weighted by atomic mass is 79.9. The summed E-state index contributed by atoms with van der Waals surface area (Å²) in [6, 6.07) is 24.4. The molecule has 28 heavy (non-hydrogen) atoms. The van der Waals surface area contributed by atoms with Crippen molar-refractivity contribution in [3.05, 3.63) is 111 Å². The SMILES string of the molecule is O=C1C(O)=C(c2ccccc2)C(c2ccc(Br)cc2)N1Cc1ccc(Cl)cc1. The average molecular weight is 455 g/mol. The Balaban J connectivity index is 1.80. The first-order chi connectivity index (χ1) is 13.5. The van der Waals surface area contributed by atoms with Crippen LogP contribution < -0.4 is 0 Å². The minimum Gasteiger partial charge on any atom is -0.503 e. The summed E-state index contributed by atoms with van der Waals surface area (Å²) in [4.78, 5) is 14.7. The van der Waals surface area contributed by atoms with Gasteiger partial charge in [0.15, 0.2) is 5.76 Å². The highest BCUT2D eigenvalue weighted by Crippen LogP contribution is 2.43. The van der Waals surface area contributed by atoms with Crippen LogP contribution in [0, 0.1) is 0 Å². The number of hydrogen-bond donors (Lipinski definition) is 1. The third-order valence-electron chi connectivity index (χ3n) is 4.84. The van der Waals surface area contributed by atoms with Gasteiger partial charge in [-0.15, -0.1) is 0 Å². The van der Waals surface area contributed by atoms with Gasteiger partial charge in [-0.3, -0.25) is 4.79 Å². The molecule has 1 N–H and O–H groups in total. The second kappa shape index (κ2) is 7.82. The Morgan fingerprint density at radius 1 is 0.929 bits per heavy atom. The second-order valence-electron chi connectivity index (χ2n) is 6.64. The number of carbonyl (C=O) groups excluding carboxylic acids is 1. The first-order valence-corrected chi connectivity index (χ1v) is 10.0. The first-order valence-electron chi connectivity index (χ1n) is 8.84. The molecule has 1 aliphatic rings. The Hall–Kier alpha value is -2.56. The average Bonchev–Trinajstić information content (AvgIpc) is 2.96. The number of nitrogens with zero attached hydrogens (tertiary/aromatic N) is 1. The van der Waals surface area contributed by atoms with Crippen molar-refractivity contribution in [2.24, 2.45) is 0 Å². The van der Waals surface area contributed by atoms with Crippen LogP contribution in [0.4, 0.5) is 0 Å². The van der Waals surface area contributed by atoms with E-state index in [1.165, 1.54) is 0 Å². The van der Waals surface area contributed by atoms with E-state index in [1.807, 2.05) is 66.7 Å². The van der Waals surface area contributed by atoms with E-state index >= 15 is 0 Å². The Morgan fingerprint density at radius 3 is 2.21 bits per heavy atom. The van der Waals surface area contributed by atoms with Gasteiger partial charge in [-0.1, -0.05) is 82.1 Å². The molecule has 0 aliphatic carbocycles. The van der Waals surface area contributed by atoms with Gasteiger partial charge in [0, 0.05) is 21.6 Å². The lowest BCUT2D eigenvalue weighted by Crippen LogP contribution is -2.29. The molecule has 1 heterocycles. The number of rotatable bonds is 4. The van der Waals surface area contributed by atoms with Gasteiger partial charge in [0.2, 0.25) is 0 Å². The molecule has 1 atom stereocenters. The Kier molecular flexibility index (Phi) is 5.25. The summed E-state index contributed by atoms with van der Waals surface area (Å²) < 4.78 is 0.958. The largest absolute Gasteiger partial charge is 0.503 e. The van der Waals surface area contributed by atoms with Gasteiger partial charge in [0.25, 0.3) is 5.91 Å². The Morgan fingerprint density at radius 2 is 1.57 bits per heavy atom. The summed E-state index contributed by atoms with van der Waals surface area (Å²) in [7, 11) is 0. The monoisotopic (exact) mass is 453 g/mol. The minimum absolute atomic E-state index is 0.201. The van der Waals surface area contributed by atoms with Crippen molar-refractivity contribution >= 4 is 39.0 Å². The van der Waals surface area contributed by atoms with E-state index in [-0.39, 0.29) is 17.7 Å². The van der Waals surface area contributed by atoms with Crippen molar-refractivity contribution in [2.75, 3.05) is 0 Å². The molecule has 0 spiro atoms. The third kappa shape index (κ3) is 3.58. The van der Waals surface area contributed by atoms with E-state index in [9.17, 15) is 9.90 Å². The highest BCUT2D eigenvalue weighted by molar-refractivity contribution is 9.10. The number of benzene rings is 3. The van der Waals surface area contributed by atoms with E-state index in [0.717, 1.165) is 21.2 Å². The van der Waals surface area contributed by atoms with Gasteiger partial charge >= 0.3 is 0 Å². The summed E-state index contributed by atoms with van der Waals surface area (Å²) in [5, 5.41) is 11.4. The lowest BCUT2D eigenvalue weighted by molar-refractivity contribution is -0.130. The number of carbonyl (C=O) groups is 1. The molecule has 0 radical (unpaired) electrons. The van der Waals surface area contributed by atoms with Crippen molar-refractivity contribution in [2.45, 2.75) is 12.6 Å². The molecule has 5 heteroatoms. The van der Waals surface area contributed by atoms with Crippen LogP contribution in [0.3, 0.4) is 0 Å². The molecule has 0 aromatic heterocycles. The maximum Gasteiger partial charge on any atom is 0.290 e. The van der Waals surface area contributed by atoms with Crippen LogP contribution in [0.25, 0.3) is 5.57 Å². The van der Waals surface area contributed by atoms with E-state index < -0.39 is 0 Å². The summed E-state index contributed by atoms with van der Waals surface area (Å²) in [6.45, 7) is 0.372. The van der Waals surface area contributed by atoms with Crippen molar-refractivity contribution in [1.82, 2.24) is 4.90 Å². The minimum atomic E-state index is -0.376. The maximum absolute atomic E-state index is 13.0. The zero-order chi connectivity index (χ0) is 19.7. The Labute approximate surface area is 177 Å². The summed E-state index contributed by atoms with van der Waals surface area (Å²) in [6.07, 6.45) is 0. The normalized spacial score (nSPS) is 16.7. The van der Waals surface area contributed by atoms with Crippen LogP contribution in [-0.4, -0.2) is 15.9 Å². The van der Waals surface area contributed by atoms with Crippen molar-refractivity contribution in [3.63, 3.8) is 0 Å². The molecular formula is C23H17BrClNO2. The van der Waals surface area contributed by atoms with Gasteiger partial charge in [0.1, 0.15) is 0 Å². The fourth-order valence-corrected chi connectivity index (χ4v) is 3.90. The standard InChI is InChI=1S/C23H17BrClNO2/c24-18-10-8-17(9-11-18)21-20(16-4-2-1-3-5-16)22(27)23(28)26(21)14-15-6-12-19(25)13-7-15/h1-13,21,27H,14H2. The van der Waals surface area contributed by atoms with E-state index in [4.69, 9.17) is 11.6 Å². The molecule has 3 aromatic rings. The van der Waals surface area contributed by atoms with Crippen LogP contribution in [0.5, 0.6) is 0 Å². The molecule has 1 amide bonds. The van der Waals surface area contributed by atoms with E-state index in [2.05, 4.69) is 15.9 Å². The number of halogens is 2. The maximum atomic E-state index is 13.0. The fourth-order valence-electron chi connectivity index (χ4n) is 3.51. The van der Waals surface area contributed by atoms with E-state index in [0.29, 0.717) is 17.1 Å². The highest BCUT2D eigenvalue weighted by Gasteiger charge is 2.40. The van der Waals surface area contributed by atoms with Gasteiger partial charge in [-0.05, 0) is 41.0 Å². The molecule has 1 aliphatic heterocycles. The molecule has 4 rings (SSSR count). The molecule has 0 fully saturated rings. The Bertz CT molecular complexity index is 1030. The molecule has 3 aromatic carbocycles. The van der Waals surface area contributed by atoms with Gasteiger partial charge in [-0.2, -0.15) is 0 Å². The number of amides is 1. The van der Waals surface area contributed by atoms with Crippen LogP contribution in [0.15, 0.2) is 89.1 Å². The van der Waals surface area contributed by atoms with Crippen molar-refractivity contribution in [1.29, 1.82) is 0 Å². The first kappa shape index (κ1) is 18.8. The van der Waals surface area contributed by atoms with E-state index in [1.54, 1.807) is 17.0 Å².